The monoisotopic (exact) mass is 448 g/mol. The lowest BCUT2D eigenvalue weighted by molar-refractivity contribution is -0.121. The van der Waals surface area contributed by atoms with Crippen LogP contribution in [0.4, 0.5) is 0 Å². The molecule has 3 N–H and O–H groups in total. The largest absolute Gasteiger partial charge is 0.370 e. The number of nitrogens with two attached hydrogens (primary N) is 1. The molecule has 1 aromatic rings. The van der Waals surface area contributed by atoms with Crippen molar-refractivity contribution in [3.63, 3.8) is 0 Å². The highest BCUT2D eigenvalue weighted by atomic mass is 16.1. The second kappa shape index (κ2) is 19.8. The minimum atomic E-state index is -0.168. The second-order valence-electron chi connectivity index (χ2n) is 9.14. The number of nitrogens with one attached hydrogen (secondary N) is 1. The maximum atomic E-state index is 11.9. The Kier molecular flexibility index (Phi) is 17.4. The van der Waals surface area contributed by atoms with E-state index in [0.717, 1.165) is 38.1 Å². The van der Waals surface area contributed by atoms with Crippen LogP contribution in [0.2, 0.25) is 0 Å². The molecule has 0 aliphatic carbocycles. The summed E-state index contributed by atoms with van der Waals surface area (Å²) in [6, 6.07) is 0. The van der Waals surface area contributed by atoms with Crippen molar-refractivity contribution in [2.45, 2.75) is 129 Å². The number of imidazole rings is 1. The Bertz CT molecular complexity index is 600. The van der Waals surface area contributed by atoms with Gasteiger partial charge in [0.1, 0.15) is 5.82 Å². The Morgan fingerprint density at radius 2 is 1.22 bits per heavy atom. The van der Waals surface area contributed by atoms with E-state index in [0.29, 0.717) is 19.4 Å². The van der Waals surface area contributed by atoms with Gasteiger partial charge in [-0.1, -0.05) is 89.9 Å². The highest BCUT2D eigenvalue weighted by Crippen LogP contribution is 2.14. The van der Waals surface area contributed by atoms with Crippen LogP contribution in [-0.4, -0.2) is 27.9 Å². The van der Waals surface area contributed by atoms with Crippen LogP contribution in [0, 0.1) is 6.92 Å². The minimum Gasteiger partial charge on any atom is -0.370 e. The highest BCUT2D eigenvalue weighted by Gasteiger charge is 2.02. The predicted octanol–water partition coefficient (Wildman–Crippen LogP) is 5.81. The normalized spacial score (nSPS) is 11.0. The topological polar surface area (TPSA) is 90.0 Å². The van der Waals surface area contributed by atoms with Gasteiger partial charge in [0.25, 0.3) is 0 Å². The van der Waals surface area contributed by atoms with Crippen LogP contribution in [0.3, 0.4) is 0 Å². The van der Waals surface area contributed by atoms with E-state index in [1.54, 1.807) is 6.20 Å². The summed E-state index contributed by atoms with van der Waals surface area (Å²) in [5.41, 5.74) is 5.14. The number of primary amides is 1. The lowest BCUT2D eigenvalue weighted by Gasteiger charge is -2.07. The average molecular weight is 449 g/mol. The van der Waals surface area contributed by atoms with Crippen LogP contribution in [0.25, 0.3) is 0 Å². The Balaban J connectivity index is 1.73. The number of unbranched alkanes of at least 4 members (excludes halogenated alkanes) is 15. The Morgan fingerprint density at radius 3 is 1.62 bits per heavy atom. The first kappa shape index (κ1) is 28.2. The number of nitrogens with zero attached hydrogens (tertiary/aromatic N) is 2. The van der Waals surface area contributed by atoms with Crippen molar-refractivity contribution in [1.29, 1.82) is 0 Å². The molecule has 0 unspecified atom stereocenters. The molecular weight excluding hydrogens is 400 g/mol. The molecule has 0 atom stereocenters. The second-order valence-corrected chi connectivity index (χ2v) is 9.14. The summed E-state index contributed by atoms with van der Waals surface area (Å²) in [5, 5.41) is 3.00. The molecule has 0 radical (unpaired) electrons. The lowest BCUT2D eigenvalue weighted by Crippen LogP contribution is -2.27. The Labute approximate surface area is 196 Å². The van der Waals surface area contributed by atoms with E-state index in [1.165, 1.54) is 77.0 Å². The summed E-state index contributed by atoms with van der Waals surface area (Å²) >= 11 is 0. The Hall–Kier alpha value is -1.85. The fraction of sp³-hybridized carbons (Fsp3) is 0.808. The molecule has 0 spiro atoms. The molecule has 0 fully saturated rings. The third-order valence-electron chi connectivity index (χ3n) is 6.18. The summed E-state index contributed by atoms with van der Waals surface area (Å²) in [6.07, 6.45) is 25.1. The summed E-state index contributed by atoms with van der Waals surface area (Å²) < 4.78 is 2.05. The van der Waals surface area contributed by atoms with Crippen LogP contribution in [0.5, 0.6) is 0 Å². The molecular formula is C26H48N4O2. The molecule has 2 amide bonds. The molecule has 0 saturated carbocycles. The SMILES string of the molecule is Cc1nccn1CCNC(=O)CCCCCCCCCCCCCCCCCCC(N)=O. The number of aromatic nitrogens is 2. The van der Waals surface area contributed by atoms with E-state index in [2.05, 4.69) is 14.9 Å². The molecule has 6 nitrogen and oxygen atoms in total. The van der Waals surface area contributed by atoms with E-state index >= 15 is 0 Å². The van der Waals surface area contributed by atoms with Gasteiger partial charge in [0.05, 0.1) is 0 Å². The van der Waals surface area contributed by atoms with Gasteiger partial charge in [-0.05, 0) is 19.8 Å². The number of amides is 2. The first-order valence-corrected chi connectivity index (χ1v) is 13.1. The van der Waals surface area contributed by atoms with Gasteiger partial charge in [0.2, 0.25) is 11.8 Å². The molecule has 1 heterocycles. The van der Waals surface area contributed by atoms with E-state index in [4.69, 9.17) is 5.73 Å². The van der Waals surface area contributed by atoms with Crippen LogP contribution < -0.4 is 11.1 Å². The maximum Gasteiger partial charge on any atom is 0.220 e. The van der Waals surface area contributed by atoms with Crippen LogP contribution in [0.1, 0.15) is 121 Å². The molecule has 0 saturated heterocycles. The van der Waals surface area contributed by atoms with Gasteiger partial charge in [-0.3, -0.25) is 9.59 Å². The van der Waals surface area contributed by atoms with Gasteiger partial charge < -0.3 is 15.6 Å². The average Bonchev–Trinajstić information content (AvgIpc) is 3.17. The fourth-order valence-electron chi connectivity index (χ4n) is 4.10. The zero-order valence-corrected chi connectivity index (χ0v) is 20.6. The number of hydrogen-bond acceptors (Lipinski definition) is 3. The van der Waals surface area contributed by atoms with Gasteiger partial charge in [-0.2, -0.15) is 0 Å². The lowest BCUT2D eigenvalue weighted by atomic mass is 10.0. The van der Waals surface area contributed by atoms with E-state index < -0.39 is 0 Å². The van der Waals surface area contributed by atoms with Crippen molar-refractivity contribution < 1.29 is 9.59 Å². The van der Waals surface area contributed by atoms with Gasteiger partial charge in [-0.15, -0.1) is 0 Å². The van der Waals surface area contributed by atoms with Crippen LogP contribution in [-0.2, 0) is 16.1 Å². The smallest absolute Gasteiger partial charge is 0.220 e. The molecule has 6 heteroatoms. The molecule has 0 bridgehead atoms. The summed E-state index contributed by atoms with van der Waals surface area (Å²) in [4.78, 5) is 26.7. The third kappa shape index (κ3) is 16.8. The fourth-order valence-corrected chi connectivity index (χ4v) is 4.10. The van der Waals surface area contributed by atoms with E-state index in [-0.39, 0.29) is 11.8 Å². The van der Waals surface area contributed by atoms with Crippen molar-refractivity contribution in [2.24, 2.45) is 5.73 Å². The first-order chi connectivity index (χ1) is 15.6. The molecule has 1 rings (SSSR count). The zero-order chi connectivity index (χ0) is 23.3. The van der Waals surface area contributed by atoms with Crippen molar-refractivity contribution in [3.8, 4) is 0 Å². The number of aryl methyl sites for hydroxylation is 1. The maximum absolute atomic E-state index is 11.9. The van der Waals surface area contributed by atoms with Gasteiger partial charge in [0, 0.05) is 38.3 Å². The molecule has 32 heavy (non-hydrogen) atoms. The summed E-state index contributed by atoms with van der Waals surface area (Å²) in [7, 11) is 0. The van der Waals surface area contributed by atoms with E-state index in [9.17, 15) is 9.59 Å². The molecule has 0 aromatic carbocycles. The third-order valence-corrected chi connectivity index (χ3v) is 6.18. The molecule has 184 valence electrons. The predicted molar refractivity (Wildman–Crippen MR) is 132 cm³/mol. The number of rotatable bonds is 22. The first-order valence-electron chi connectivity index (χ1n) is 13.1. The number of carbonyl (C=O) groups excluding carboxylic acids is 2. The van der Waals surface area contributed by atoms with Gasteiger partial charge in [-0.25, -0.2) is 4.98 Å². The van der Waals surface area contributed by atoms with Crippen molar-refractivity contribution in [3.05, 3.63) is 18.2 Å². The van der Waals surface area contributed by atoms with E-state index in [1.807, 2.05) is 13.1 Å². The quantitative estimate of drug-likeness (QED) is 0.219. The van der Waals surface area contributed by atoms with Crippen LogP contribution >= 0.6 is 0 Å². The van der Waals surface area contributed by atoms with Crippen molar-refractivity contribution >= 4 is 11.8 Å². The van der Waals surface area contributed by atoms with Gasteiger partial charge >= 0.3 is 0 Å². The highest BCUT2D eigenvalue weighted by molar-refractivity contribution is 5.75. The standard InChI is InChI=1S/C26H48N4O2/c1-24-28-20-22-30(24)23-21-29-26(32)19-17-15-13-11-9-7-5-3-2-4-6-8-10-12-14-16-18-25(27)31/h20,22H,2-19,21,23H2,1H3,(H2,27,31)(H,29,32). The minimum absolute atomic E-state index is 0.168. The number of carbonyl (C=O) groups is 2. The van der Waals surface area contributed by atoms with Crippen LogP contribution in [0.15, 0.2) is 12.4 Å². The van der Waals surface area contributed by atoms with Crippen molar-refractivity contribution in [2.75, 3.05) is 6.54 Å². The summed E-state index contributed by atoms with van der Waals surface area (Å²) in [5.74, 6) is 0.990. The van der Waals surface area contributed by atoms with Crippen molar-refractivity contribution in [1.82, 2.24) is 14.9 Å². The number of hydrogen-bond donors (Lipinski definition) is 2. The Morgan fingerprint density at radius 1 is 0.781 bits per heavy atom. The van der Waals surface area contributed by atoms with Gasteiger partial charge in [0.15, 0.2) is 0 Å². The molecule has 0 aliphatic rings. The summed E-state index contributed by atoms with van der Waals surface area (Å²) in [6.45, 7) is 3.44. The zero-order valence-electron chi connectivity index (χ0n) is 20.6. The molecule has 1 aromatic heterocycles. The molecule has 0 aliphatic heterocycles.